The summed E-state index contributed by atoms with van der Waals surface area (Å²) in [6.45, 7) is 3.73. The standard InChI is InChI=1S/C9H18O2/c1-9(2,11)7-5-3-4-6-8-10/h4,6,10-11H,3,5,7-8H2,1-2H3/b6-4+. The topological polar surface area (TPSA) is 40.5 Å². The molecule has 0 amide bonds. The summed E-state index contributed by atoms with van der Waals surface area (Å²) in [5.41, 5.74) is -0.549. The smallest absolute Gasteiger partial charge is 0.0612 e. The van der Waals surface area contributed by atoms with Gasteiger partial charge in [-0.1, -0.05) is 12.2 Å². The minimum absolute atomic E-state index is 0.114. The van der Waals surface area contributed by atoms with Gasteiger partial charge in [0.1, 0.15) is 0 Å². The van der Waals surface area contributed by atoms with Crippen LogP contribution in [0.3, 0.4) is 0 Å². The Bertz CT molecular complexity index is 111. The molecule has 0 aromatic carbocycles. The van der Waals surface area contributed by atoms with E-state index in [4.69, 9.17) is 5.11 Å². The lowest BCUT2D eigenvalue weighted by Crippen LogP contribution is -2.17. The Labute approximate surface area is 68.6 Å². The first-order valence-electron chi connectivity index (χ1n) is 4.04. The van der Waals surface area contributed by atoms with Crippen LogP contribution in [-0.2, 0) is 0 Å². The molecule has 0 bridgehead atoms. The van der Waals surface area contributed by atoms with E-state index in [1.165, 1.54) is 0 Å². The highest BCUT2D eigenvalue weighted by molar-refractivity contribution is 4.81. The molecule has 0 aromatic heterocycles. The average Bonchev–Trinajstić information content (AvgIpc) is 1.85. The molecular weight excluding hydrogens is 140 g/mol. The van der Waals surface area contributed by atoms with Crippen LogP contribution in [0.1, 0.15) is 33.1 Å². The van der Waals surface area contributed by atoms with E-state index < -0.39 is 5.60 Å². The molecule has 0 aliphatic carbocycles. The number of aliphatic hydroxyl groups is 2. The molecule has 11 heavy (non-hydrogen) atoms. The van der Waals surface area contributed by atoms with Crippen LogP contribution in [0, 0.1) is 0 Å². The van der Waals surface area contributed by atoms with Crippen molar-refractivity contribution in [1.82, 2.24) is 0 Å². The van der Waals surface area contributed by atoms with E-state index >= 15 is 0 Å². The molecule has 0 saturated heterocycles. The van der Waals surface area contributed by atoms with E-state index in [9.17, 15) is 5.11 Å². The molecule has 0 fully saturated rings. The van der Waals surface area contributed by atoms with Crippen LogP contribution in [0.2, 0.25) is 0 Å². The van der Waals surface area contributed by atoms with E-state index in [1.807, 2.05) is 19.9 Å². The zero-order chi connectivity index (χ0) is 8.74. The van der Waals surface area contributed by atoms with Crippen LogP contribution >= 0.6 is 0 Å². The highest BCUT2D eigenvalue weighted by Crippen LogP contribution is 2.11. The van der Waals surface area contributed by atoms with Gasteiger partial charge in [0, 0.05) is 0 Å². The van der Waals surface area contributed by atoms with Crippen molar-refractivity contribution in [3.8, 4) is 0 Å². The molecule has 0 atom stereocenters. The Balaban J connectivity index is 3.21. The summed E-state index contributed by atoms with van der Waals surface area (Å²) in [6.07, 6.45) is 6.38. The summed E-state index contributed by atoms with van der Waals surface area (Å²) in [6, 6.07) is 0. The Hall–Kier alpha value is -0.340. The number of hydrogen-bond donors (Lipinski definition) is 2. The lowest BCUT2D eigenvalue weighted by molar-refractivity contribution is 0.0691. The molecule has 0 aliphatic rings. The minimum Gasteiger partial charge on any atom is -0.392 e. The quantitative estimate of drug-likeness (QED) is 0.470. The van der Waals surface area contributed by atoms with E-state index in [1.54, 1.807) is 6.08 Å². The summed E-state index contributed by atoms with van der Waals surface area (Å²) in [4.78, 5) is 0. The van der Waals surface area contributed by atoms with Crippen LogP contribution in [0.25, 0.3) is 0 Å². The molecule has 0 radical (unpaired) electrons. The van der Waals surface area contributed by atoms with Crippen molar-refractivity contribution in [1.29, 1.82) is 0 Å². The molecule has 0 saturated carbocycles. The number of aliphatic hydroxyl groups excluding tert-OH is 1. The molecule has 0 rings (SSSR count). The molecule has 2 N–H and O–H groups in total. The van der Waals surface area contributed by atoms with Crippen molar-refractivity contribution in [2.24, 2.45) is 0 Å². The summed E-state index contributed by atoms with van der Waals surface area (Å²) in [5.74, 6) is 0. The van der Waals surface area contributed by atoms with Gasteiger partial charge in [0.2, 0.25) is 0 Å². The van der Waals surface area contributed by atoms with Crippen LogP contribution in [-0.4, -0.2) is 22.4 Å². The maximum atomic E-state index is 9.30. The zero-order valence-corrected chi connectivity index (χ0v) is 7.38. The highest BCUT2D eigenvalue weighted by Gasteiger charge is 2.09. The fourth-order valence-electron chi connectivity index (χ4n) is 0.845. The largest absolute Gasteiger partial charge is 0.392 e. The minimum atomic E-state index is -0.549. The molecule has 0 unspecified atom stereocenters. The summed E-state index contributed by atoms with van der Waals surface area (Å²) in [5, 5.41) is 17.7. The van der Waals surface area contributed by atoms with Gasteiger partial charge in [-0.15, -0.1) is 0 Å². The normalized spacial score (nSPS) is 12.7. The van der Waals surface area contributed by atoms with Gasteiger partial charge in [-0.25, -0.2) is 0 Å². The average molecular weight is 158 g/mol. The Kier molecular flexibility index (Phi) is 5.16. The van der Waals surface area contributed by atoms with Gasteiger partial charge in [-0.2, -0.15) is 0 Å². The fraction of sp³-hybridized carbons (Fsp3) is 0.778. The van der Waals surface area contributed by atoms with Crippen LogP contribution < -0.4 is 0 Å². The van der Waals surface area contributed by atoms with E-state index in [0.717, 1.165) is 19.3 Å². The van der Waals surface area contributed by atoms with Crippen molar-refractivity contribution in [2.75, 3.05) is 6.61 Å². The van der Waals surface area contributed by atoms with Gasteiger partial charge in [-0.3, -0.25) is 0 Å². The molecule has 0 aliphatic heterocycles. The van der Waals surface area contributed by atoms with Crippen molar-refractivity contribution in [3.05, 3.63) is 12.2 Å². The summed E-state index contributed by atoms with van der Waals surface area (Å²) < 4.78 is 0. The van der Waals surface area contributed by atoms with Crippen LogP contribution in [0.5, 0.6) is 0 Å². The second-order valence-electron chi connectivity index (χ2n) is 3.36. The summed E-state index contributed by atoms with van der Waals surface area (Å²) >= 11 is 0. The molecular formula is C9H18O2. The third-order valence-corrected chi connectivity index (χ3v) is 1.43. The van der Waals surface area contributed by atoms with E-state index in [2.05, 4.69) is 0 Å². The predicted octanol–water partition coefficient (Wildman–Crippen LogP) is 1.48. The second kappa shape index (κ2) is 5.33. The van der Waals surface area contributed by atoms with E-state index in [0.29, 0.717) is 0 Å². The second-order valence-corrected chi connectivity index (χ2v) is 3.36. The van der Waals surface area contributed by atoms with Gasteiger partial charge in [-0.05, 0) is 33.1 Å². The molecule has 0 spiro atoms. The third kappa shape index (κ3) is 9.66. The van der Waals surface area contributed by atoms with Crippen LogP contribution in [0.4, 0.5) is 0 Å². The molecule has 66 valence electrons. The molecule has 0 heterocycles. The highest BCUT2D eigenvalue weighted by atomic mass is 16.3. The van der Waals surface area contributed by atoms with Gasteiger partial charge in [0.15, 0.2) is 0 Å². The fourth-order valence-corrected chi connectivity index (χ4v) is 0.845. The van der Waals surface area contributed by atoms with Crippen LogP contribution in [0.15, 0.2) is 12.2 Å². The first kappa shape index (κ1) is 10.7. The number of allylic oxidation sites excluding steroid dienone is 1. The lowest BCUT2D eigenvalue weighted by atomic mass is 10.0. The zero-order valence-electron chi connectivity index (χ0n) is 7.38. The molecule has 2 heteroatoms. The van der Waals surface area contributed by atoms with Crippen molar-refractivity contribution < 1.29 is 10.2 Å². The predicted molar refractivity (Wildman–Crippen MR) is 46.4 cm³/mol. The lowest BCUT2D eigenvalue weighted by Gasteiger charge is -2.15. The van der Waals surface area contributed by atoms with Crippen molar-refractivity contribution in [3.63, 3.8) is 0 Å². The monoisotopic (exact) mass is 158 g/mol. The van der Waals surface area contributed by atoms with Gasteiger partial charge in [0.25, 0.3) is 0 Å². The van der Waals surface area contributed by atoms with E-state index in [-0.39, 0.29) is 6.61 Å². The Morgan fingerprint density at radius 3 is 2.36 bits per heavy atom. The number of rotatable bonds is 5. The SMILES string of the molecule is CC(C)(O)CCC/C=C/CO. The Morgan fingerprint density at radius 2 is 1.91 bits per heavy atom. The van der Waals surface area contributed by atoms with Crippen molar-refractivity contribution in [2.45, 2.75) is 38.7 Å². The van der Waals surface area contributed by atoms with Gasteiger partial charge < -0.3 is 10.2 Å². The maximum absolute atomic E-state index is 9.30. The third-order valence-electron chi connectivity index (χ3n) is 1.43. The first-order chi connectivity index (χ1) is 5.06. The van der Waals surface area contributed by atoms with Gasteiger partial charge in [0.05, 0.1) is 12.2 Å². The summed E-state index contributed by atoms with van der Waals surface area (Å²) in [7, 11) is 0. The first-order valence-corrected chi connectivity index (χ1v) is 4.04. The number of hydrogen-bond acceptors (Lipinski definition) is 2. The number of unbranched alkanes of at least 4 members (excludes halogenated alkanes) is 1. The molecule has 2 nitrogen and oxygen atoms in total. The van der Waals surface area contributed by atoms with Crippen molar-refractivity contribution >= 4 is 0 Å². The Morgan fingerprint density at radius 1 is 1.27 bits per heavy atom. The molecule has 0 aromatic rings. The maximum Gasteiger partial charge on any atom is 0.0612 e. The van der Waals surface area contributed by atoms with Gasteiger partial charge >= 0.3 is 0 Å².